The summed E-state index contributed by atoms with van der Waals surface area (Å²) in [7, 11) is 1.41. The summed E-state index contributed by atoms with van der Waals surface area (Å²) in [5.41, 5.74) is 5.62. The second-order valence-electron chi connectivity index (χ2n) is 8.79. The molecule has 0 bridgehead atoms. The molecule has 1 aromatic rings. The number of anilines is 1. The molecule has 1 fully saturated rings. The SMILES string of the molecule is COC(=O)c1cc(NC2CCN(C3=C(C#N)CCC=C3)CC2(C)C)c(C)cc1C.[HH]. The molecule has 1 saturated heterocycles. The molecule has 1 aliphatic carbocycles. The summed E-state index contributed by atoms with van der Waals surface area (Å²) >= 11 is 0. The molecule has 0 radical (unpaired) electrons. The van der Waals surface area contributed by atoms with Gasteiger partial charge >= 0.3 is 5.97 Å². The van der Waals surface area contributed by atoms with E-state index in [0.717, 1.165) is 60.4 Å². The predicted octanol–water partition coefficient (Wildman–Crippen LogP) is 4.98. The van der Waals surface area contributed by atoms with Crippen LogP contribution in [0, 0.1) is 30.6 Å². The zero-order chi connectivity index (χ0) is 21.2. The van der Waals surface area contributed by atoms with E-state index in [4.69, 9.17) is 4.74 Å². The third-order valence-electron chi connectivity index (χ3n) is 6.16. The lowest BCUT2D eigenvalue weighted by molar-refractivity contribution is 0.0600. The Kier molecular flexibility index (Phi) is 6.02. The average Bonchev–Trinajstić information content (AvgIpc) is 2.70. The summed E-state index contributed by atoms with van der Waals surface area (Å²) in [6.07, 6.45) is 7.02. The van der Waals surface area contributed by atoms with Gasteiger partial charge in [0.05, 0.1) is 30.0 Å². The molecule has 0 aromatic heterocycles. The van der Waals surface area contributed by atoms with Crippen molar-refractivity contribution in [3.8, 4) is 6.07 Å². The molecule has 3 rings (SSSR count). The molecule has 0 amide bonds. The highest BCUT2D eigenvalue weighted by Gasteiger charge is 2.37. The first-order valence-electron chi connectivity index (χ1n) is 10.3. The minimum Gasteiger partial charge on any atom is -0.465 e. The molecule has 0 saturated carbocycles. The van der Waals surface area contributed by atoms with Crippen molar-refractivity contribution in [1.29, 1.82) is 5.26 Å². The number of carbonyl (C=O) groups is 1. The first kappa shape index (κ1) is 21.0. The molecule has 1 unspecified atom stereocenters. The van der Waals surface area contributed by atoms with Gasteiger partial charge in [0.1, 0.15) is 0 Å². The van der Waals surface area contributed by atoms with Gasteiger partial charge in [-0.25, -0.2) is 4.79 Å². The maximum atomic E-state index is 12.1. The first-order valence-corrected chi connectivity index (χ1v) is 10.3. The van der Waals surface area contributed by atoms with Crippen LogP contribution in [0.5, 0.6) is 0 Å². The Morgan fingerprint density at radius 3 is 2.76 bits per heavy atom. The van der Waals surface area contributed by atoms with Gasteiger partial charge < -0.3 is 15.0 Å². The maximum Gasteiger partial charge on any atom is 0.338 e. The predicted molar refractivity (Wildman–Crippen MR) is 118 cm³/mol. The Morgan fingerprint density at radius 2 is 2.10 bits per heavy atom. The molecule has 156 valence electrons. The Hall–Kier alpha value is -2.74. The molecule has 1 N–H and O–H groups in total. The summed E-state index contributed by atoms with van der Waals surface area (Å²) < 4.78 is 4.93. The molecular formula is C24H33N3O2. The van der Waals surface area contributed by atoms with Gasteiger partial charge in [-0.2, -0.15) is 5.26 Å². The highest BCUT2D eigenvalue weighted by molar-refractivity contribution is 5.92. The molecule has 1 aromatic carbocycles. The van der Waals surface area contributed by atoms with Crippen molar-refractivity contribution < 1.29 is 11.0 Å². The summed E-state index contributed by atoms with van der Waals surface area (Å²) in [6, 6.07) is 6.61. The average molecular weight is 396 g/mol. The summed E-state index contributed by atoms with van der Waals surface area (Å²) in [4.78, 5) is 14.5. The topological polar surface area (TPSA) is 65.4 Å². The van der Waals surface area contributed by atoms with Gasteiger partial charge in [-0.05, 0) is 56.4 Å². The van der Waals surface area contributed by atoms with Crippen molar-refractivity contribution >= 4 is 11.7 Å². The standard InChI is InChI=1S/C24H31N3O2.H2/c1-16-12-17(2)20(13-19(16)23(28)29-5)26-22-10-11-27(15-24(22,3)4)21-9-7-6-8-18(21)14-25;/h7,9,12-13,22,26H,6,8,10-11,15H2,1-5H3;1H. The van der Waals surface area contributed by atoms with E-state index in [9.17, 15) is 10.1 Å². The minimum absolute atomic E-state index is 0. The van der Waals surface area contributed by atoms with E-state index < -0.39 is 0 Å². The highest BCUT2D eigenvalue weighted by atomic mass is 16.5. The number of aryl methyl sites for hydroxylation is 2. The van der Waals surface area contributed by atoms with Crippen molar-refractivity contribution in [3.63, 3.8) is 0 Å². The van der Waals surface area contributed by atoms with E-state index >= 15 is 0 Å². The van der Waals surface area contributed by atoms with E-state index in [2.05, 4.69) is 49.2 Å². The van der Waals surface area contributed by atoms with Gasteiger partial charge in [-0.1, -0.05) is 26.0 Å². The monoisotopic (exact) mass is 395 g/mol. The Bertz CT molecular complexity index is 912. The van der Waals surface area contributed by atoms with Crippen molar-refractivity contribution in [1.82, 2.24) is 4.90 Å². The summed E-state index contributed by atoms with van der Waals surface area (Å²) in [5, 5.41) is 13.2. The van der Waals surface area contributed by atoms with Crippen molar-refractivity contribution in [3.05, 3.63) is 52.2 Å². The smallest absolute Gasteiger partial charge is 0.338 e. The van der Waals surface area contributed by atoms with E-state index in [-0.39, 0.29) is 18.9 Å². The second kappa shape index (κ2) is 8.32. The number of likely N-dealkylation sites (tertiary alicyclic amines) is 1. The van der Waals surface area contributed by atoms with Crippen LogP contribution in [0.2, 0.25) is 0 Å². The number of methoxy groups -OCH3 is 1. The van der Waals surface area contributed by atoms with Gasteiger partial charge in [0.15, 0.2) is 0 Å². The number of hydrogen-bond acceptors (Lipinski definition) is 5. The second-order valence-corrected chi connectivity index (χ2v) is 8.79. The van der Waals surface area contributed by atoms with E-state index in [1.54, 1.807) is 0 Å². The largest absolute Gasteiger partial charge is 0.465 e. The fourth-order valence-electron chi connectivity index (χ4n) is 4.42. The van der Waals surface area contributed by atoms with Crippen LogP contribution in [0.25, 0.3) is 0 Å². The van der Waals surface area contributed by atoms with Crippen LogP contribution in [0.4, 0.5) is 5.69 Å². The third-order valence-corrected chi connectivity index (χ3v) is 6.16. The van der Waals surface area contributed by atoms with Gasteiger partial charge in [0, 0.05) is 31.7 Å². The van der Waals surface area contributed by atoms with Crippen molar-refractivity contribution in [2.24, 2.45) is 5.41 Å². The van der Waals surface area contributed by atoms with Crippen LogP contribution < -0.4 is 5.32 Å². The van der Waals surface area contributed by atoms with E-state index in [1.165, 1.54) is 7.11 Å². The Balaban J connectivity index is 0.00000320. The first-order chi connectivity index (χ1) is 13.8. The minimum atomic E-state index is -0.306. The Labute approximate surface area is 175 Å². The van der Waals surface area contributed by atoms with Crippen LogP contribution >= 0.6 is 0 Å². The lowest BCUT2D eigenvalue weighted by atomic mass is 9.78. The normalized spacial score (nSPS) is 21.0. The number of esters is 1. The number of rotatable bonds is 4. The highest BCUT2D eigenvalue weighted by Crippen LogP contribution is 2.36. The van der Waals surface area contributed by atoms with Gasteiger partial charge in [-0.15, -0.1) is 0 Å². The van der Waals surface area contributed by atoms with Crippen LogP contribution in [0.15, 0.2) is 35.6 Å². The number of nitrogens with one attached hydrogen (secondary N) is 1. The molecule has 1 heterocycles. The maximum absolute atomic E-state index is 12.1. The molecular weight excluding hydrogens is 362 g/mol. The number of allylic oxidation sites excluding steroid dienone is 3. The Morgan fingerprint density at radius 1 is 1.34 bits per heavy atom. The molecule has 0 spiro atoms. The number of nitriles is 1. The van der Waals surface area contributed by atoms with Crippen molar-refractivity contribution in [2.75, 3.05) is 25.5 Å². The summed E-state index contributed by atoms with van der Waals surface area (Å²) in [5.74, 6) is -0.306. The van der Waals surface area contributed by atoms with Gasteiger partial charge in [0.2, 0.25) is 0 Å². The fraction of sp³-hybridized carbons (Fsp3) is 0.500. The zero-order valence-electron chi connectivity index (χ0n) is 18.1. The van der Waals surface area contributed by atoms with Crippen LogP contribution in [0.1, 0.15) is 56.0 Å². The number of ether oxygens (including phenoxy) is 1. The lowest BCUT2D eigenvalue weighted by Gasteiger charge is -2.46. The van der Waals surface area contributed by atoms with Gasteiger partial charge in [-0.3, -0.25) is 0 Å². The fourth-order valence-corrected chi connectivity index (χ4v) is 4.42. The molecule has 2 aliphatic rings. The third kappa shape index (κ3) is 4.32. The number of piperidine rings is 1. The van der Waals surface area contributed by atoms with Crippen molar-refractivity contribution in [2.45, 2.75) is 53.0 Å². The molecule has 5 heteroatoms. The van der Waals surface area contributed by atoms with Crippen LogP contribution in [0.3, 0.4) is 0 Å². The molecule has 5 nitrogen and oxygen atoms in total. The number of benzene rings is 1. The molecule has 29 heavy (non-hydrogen) atoms. The lowest BCUT2D eigenvalue weighted by Crippen LogP contribution is -2.51. The number of nitrogens with zero attached hydrogens (tertiary/aromatic N) is 2. The molecule has 1 aliphatic heterocycles. The quantitative estimate of drug-likeness (QED) is 0.729. The number of carbonyl (C=O) groups excluding carboxylic acids is 1. The molecule has 1 atom stereocenters. The van der Waals surface area contributed by atoms with Gasteiger partial charge in [0.25, 0.3) is 0 Å². The van der Waals surface area contributed by atoms with Crippen LogP contribution in [-0.2, 0) is 4.74 Å². The number of hydrogen-bond donors (Lipinski definition) is 1. The van der Waals surface area contributed by atoms with E-state index in [0.29, 0.717) is 5.56 Å². The zero-order valence-corrected chi connectivity index (χ0v) is 18.1. The summed E-state index contributed by atoms with van der Waals surface area (Å²) in [6.45, 7) is 10.3. The van der Waals surface area contributed by atoms with Crippen LogP contribution in [-0.4, -0.2) is 37.1 Å². The van der Waals surface area contributed by atoms with E-state index in [1.807, 2.05) is 19.1 Å².